The van der Waals surface area contributed by atoms with Gasteiger partial charge in [0.25, 0.3) is 0 Å². The highest BCUT2D eigenvalue weighted by atomic mass is 32.2. The molecule has 0 aliphatic heterocycles. The first-order valence-electron chi connectivity index (χ1n) is 5.75. The van der Waals surface area contributed by atoms with E-state index in [1.54, 1.807) is 0 Å². The van der Waals surface area contributed by atoms with Crippen molar-refractivity contribution < 1.29 is 34.8 Å². The van der Waals surface area contributed by atoms with Crippen LogP contribution >= 0.6 is 0 Å². The number of alkyl halides is 6. The Bertz CT molecular complexity index is 316. The number of sulfone groups is 1. The molecule has 0 aromatic carbocycles. The van der Waals surface area contributed by atoms with Crippen molar-refractivity contribution in [2.45, 2.75) is 50.9 Å². The van der Waals surface area contributed by atoms with Gasteiger partial charge in [-0.1, -0.05) is 0 Å². The third-order valence-electron chi connectivity index (χ3n) is 2.33. The molecule has 0 N–H and O–H groups in total. The molecule has 2 nitrogen and oxygen atoms in total. The Balaban J connectivity index is 3.76. The Morgan fingerprint density at radius 1 is 0.632 bits per heavy atom. The first kappa shape index (κ1) is 18.5. The molecule has 0 heterocycles. The van der Waals surface area contributed by atoms with E-state index in [2.05, 4.69) is 0 Å². The van der Waals surface area contributed by atoms with Crippen LogP contribution in [0.2, 0.25) is 0 Å². The molecule has 0 aliphatic rings. The van der Waals surface area contributed by atoms with Gasteiger partial charge in [-0.15, -0.1) is 0 Å². The van der Waals surface area contributed by atoms with Crippen molar-refractivity contribution >= 4 is 9.84 Å². The molecule has 0 aromatic heterocycles. The van der Waals surface area contributed by atoms with Crippen LogP contribution in [0.15, 0.2) is 0 Å². The number of halogens is 6. The highest BCUT2D eigenvalue weighted by molar-refractivity contribution is 7.91. The predicted octanol–water partition coefficient (Wildman–Crippen LogP) is 3.87. The van der Waals surface area contributed by atoms with Gasteiger partial charge in [-0.05, 0) is 25.7 Å². The van der Waals surface area contributed by atoms with Crippen LogP contribution in [0.5, 0.6) is 0 Å². The molecular weight excluding hydrogens is 298 g/mol. The molecule has 0 radical (unpaired) electrons. The third-order valence-corrected chi connectivity index (χ3v) is 4.15. The van der Waals surface area contributed by atoms with E-state index in [-0.39, 0.29) is 25.7 Å². The summed E-state index contributed by atoms with van der Waals surface area (Å²) in [5, 5.41) is 0. The molecule has 0 aromatic rings. The fourth-order valence-electron chi connectivity index (χ4n) is 1.40. The van der Waals surface area contributed by atoms with E-state index in [1.165, 1.54) is 0 Å². The molecule has 0 saturated heterocycles. The van der Waals surface area contributed by atoms with Crippen LogP contribution in [0.3, 0.4) is 0 Å². The quantitative estimate of drug-likeness (QED) is 0.503. The van der Waals surface area contributed by atoms with E-state index in [4.69, 9.17) is 0 Å². The predicted molar refractivity (Wildman–Crippen MR) is 58.5 cm³/mol. The van der Waals surface area contributed by atoms with E-state index in [9.17, 15) is 34.8 Å². The Morgan fingerprint density at radius 2 is 0.947 bits per heavy atom. The second kappa shape index (κ2) is 7.35. The summed E-state index contributed by atoms with van der Waals surface area (Å²) in [5.74, 6) is -0.815. The van der Waals surface area contributed by atoms with Gasteiger partial charge >= 0.3 is 12.4 Å². The van der Waals surface area contributed by atoms with E-state index in [1.807, 2.05) is 0 Å². The molecule has 116 valence electrons. The van der Waals surface area contributed by atoms with E-state index >= 15 is 0 Å². The minimum Gasteiger partial charge on any atom is -0.229 e. The largest absolute Gasteiger partial charge is 0.389 e. The van der Waals surface area contributed by atoms with Gasteiger partial charge in [0.1, 0.15) is 9.84 Å². The monoisotopic (exact) mass is 314 g/mol. The van der Waals surface area contributed by atoms with Crippen LogP contribution in [-0.2, 0) is 9.84 Å². The molecule has 0 amide bonds. The number of rotatable bonds is 8. The summed E-state index contributed by atoms with van der Waals surface area (Å²) in [5.41, 5.74) is 0. The molecular formula is C10H16F6O2S. The van der Waals surface area contributed by atoms with Gasteiger partial charge in [0.05, 0.1) is 11.5 Å². The molecule has 9 heteroatoms. The molecule has 0 atom stereocenters. The van der Waals surface area contributed by atoms with Crippen LogP contribution in [0.4, 0.5) is 26.3 Å². The average molecular weight is 314 g/mol. The zero-order valence-corrected chi connectivity index (χ0v) is 11.0. The van der Waals surface area contributed by atoms with Gasteiger partial charge < -0.3 is 0 Å². The molecule has 0 saturated carbocycles. The fraction of sp³-hybridized carbons (Fsp3) is 1.00. The van der Waals surface area contributed by atoms with E-state index in [0.717, 1.165) is 0 Å². The minimum atomic E-state index is -4.31. The Hall–Kier alpha value is -0.470. The van der Waals surface area contributed by atoms with Crippen LogP contribution in [0.1, 0.15) is 38.5 Å². The number of unbranched alkanes of at least 4 members (excludes halogenated alkanes) is 2. The maximum absolute atomic E-state index is 11.8. The standard InChI is InChI=1S/C10H16F6O2S/c11-9(12,13)5-1-3-7-19(17,18)8-4-2-6-10(14,15)16/h1-8H2. The normalized spacial score (nSPS) is 13.8. The van der Waals surface area contributed by atoms with Gasteiger partial charge in [0.15, 0.2) is 0 Å². The van der Waals surface area contributed by atoms with Gasteiger partial charge in [-0.2, -0.15) is 26.3 Å². The first-order chi connectivity index (χ1) is 8.41. The van der Waals surface area contributed by atoms with Crippen molar-refractivity contribution in [1.82, 2.24) is 0 Å². The smallest absolute Gasteiger partial charge is 0.229 e. The van der Waals surface area contributed by atoms with Crippen molar-refractivity contribution in [3.63, 3.8) is 0 Å². The van der Waals surface area contributed by atoms with Crippen molar-refractivity contribution in [2.75, 3.05) is 11.5 Å². The highest BCUT2D eigenvalue weighted by Gasteiger charge is 2.27. The maximum Gasteiger partial charge on any atom is 0.389 e. The van der Waals surface area contributed by atoms with Gasteiger partial charge in [0, 0.05) is 12.8 Å². The Labute approximate surface area is 108 Å². The summed E-state index contributed by atoms with van der Waals surface area (Å²) in [6.45, 7) is 0. The fourth-order valence-corrected chi connectivity index (χ4v) is 2.89. The van der Waals surface area contributed by atoms with E-state index in [0.29, 0.717) is 0 Å². The highest BCUT2D eigenvalue weighted by Crippen LogP contribution is 2.23. The van der Waals surface area contributed by atoms with Crippen molar-refractivity contribution in [3.8, 4) is 0 Å². The second-order valence-corrected chi connectivity index (χ2v) is 6.60. The molecule has 0 bridgehead atoms. The molecule has 0 aliphatic carbocycles. The molecule has 0 fully saturated rings. The zero-order valence-electron chi connectivity index (χ0n) is 10.1. The molecule has 0 unspecified atom stereocenters. The zero-order chi connectivity index (χ0) is 15.2. The summed E-state index contributed by atoms with van der Waals surface area (Å²) >= 11 is 0. The van der Waals surface area contributed by atoms with E-state index < -0.39 is 46.5 Å². The molecule has 19 heavy (non-hydrogen) atoms. The van der Waals surface area contributed by atoms with Crippen molar-refractivity contribution in [3.05, 3.63) is 0 Å². The summed E-state index contributed by atoms with van der Waals surface area (Å²) in [6.07, 6.45) is -11.5. The van der Waals surface area contributed by atoms with Crippen LogP contribution in [0.25, 0.3) is 0 Å². The first-order valence-corrected chi connectivity index (χ1v) is 7.57. The number of hydrogen-bond donors (Lipinski definition) is 0. The minimum absolute atomic E-state index is 0.124. The van der Waals surface area contributed by atoms with Crippen molar-refractivity contribution in [1.29, 1.82) is 0 Å². The summed E-state index contributed by atoms with van der Waals surface area (Å²) in [7, 11) is -3.55. The second-order valence-electron chi connectivity index (χ2n) is 4.30. The lowest BCUT2D eigenvalue weighted by Gasteiger charge is -2.07. The third kappa shape index (κ3) is 13.8. The Morgan fingerprint density at radius 3 is 1.21 bits per heavy atom. The van der Waals surface area contributed by atoms with Gasteiger partial charge in [-0.25, -0.2) is 8.42 Å². The van der Waals surface area contributed by atoms with Crippen LogP contribution in [-0.4, -0.2) is 32.3 Å². The summed E-state index contributed by atoms with van der Waals surface area (Å²) < 4.78 is 93.3. The lowest BCUT2D eigenvalue weighted by Crippen LogP contribution is -2.14. The van der Waals surface area contributed by atoms with Crippen LogP contribution < -0.4 is 0 Å². The summed E-state index contributed by atoms with van der Waals surface area (Å²) in [6, 6.07) is 0. The summed E-state index contributed by atoms with van der Waals surface area (Å²) in [4.78, 5) is 0. The SMILES string of the molecule is O=S(=O)(CCCCC(F)(F)F)CCCCC(F)(F)F. The van der Waals surface area contributed by atoms with Gasteiger partial charge in [-0.3, -0.25) is 0 Å². The average Bonchev–Trinajstić information content (AvgIpc) is 2.17. The van der Waals surface area contributed by atoms with Crippen LogP contribution in [0, 0.1) is 0 Å². The maximum atomic E-state index is 11.8. The lowest BCUT2D eigenvalue weighted by atomic mass is 10.2. The Kier molecular flexibility index (Phi) is 7.17. The van der Waals surface area contributed by atoms with Crippen molar-refractivity contribution in [2.24, 2.45) is 0 Å². The molecule has 0 spiro atoms. The topological polar surface area (TPSA) is 34.1 Å². The number of hydrogen-bond acceptors (Lipinski definition) is 2. The van der Waals surface area contributed by atoms with Gasteiger partial charge in [0.2, 0.25) is 0 Å². The molecule has 0 rings (SSSR count). The lowest BCUT2D eigenvalue weighted by molar-refractivity contribution is -0.136.